The average Bonchev–Trinajstić information content (AvgIpc) is 2.36. The predicted octanol–water partition coefficient (Wildman–Crippen LogP) is 3.01. The number of ether oxygens (including phenoxy) is 2. The topological polar surface area (TPSA) is 44.5 Å². The molecule has 1 aromatic carbocycles. The van der Waals surface area contributed by atoms with Gasteiger partial charge in [0.25, 0.3) is 0 Å². The molecule has 0 spiro atoms. The summed E-state index contributed by atoms with van der Waals surface area (Å²) in [6.07, 6.45) is 3.04. The first-order valence-corrected chi connectivity index (χ1v) is 6.67. The summed E-state index contributed by atoms with van der Waals surface area (Å²) < 4.78 is 11.1. The van der Waals surface area contributed by atoms with Crippen LogP contribution in [0.5, 0.6) is 11.5 Å². The molecular formula is C15H25NO2. The van der Waals surface area contributed by atoms with Crippen molar-refractivity contribution in [1.82, 2.24) is 0 Å². The standard InChI is InChI=1S/C15H25NO2/c1-12(2)8-10-18-14-7-6-13(5-4-9-16)11-15(14)17-3/h6-7,11-12H,4-5,8-10,16H2,1-3H3. The van der Waals surface area contributed by atoms with Crippen LogP contribution < -0.4 is 15.2 Å². The number of hydrogen-bond donors (Lipinski definition) is 1. The number of benzene rings is 1. The highest BCUT2D eigenvalue weighted by Gasteiger charge is 2.06. The Morgan fingerprint density at radius 2 is 2.00 bits per heavy atom. The second-order valence-electron chi connectivity index (χ2n) is 4.91. The summed E-state index contributed by atoms with van der Waals surface area (Å²) in [6, 6.07) is 6.12. The Balaban J connectivity index is 2.61. The molecule has 0 saturated heterocycles. The molecule has 102 valence electrons. The zero-order chi connectivity index (χ0) is 13.4. The van der Waals surface area contributed by atoms with E-state index in [-0.39, 0.29) is 0 Å². The first-order valence-electron chi connectivity index (χ1n) is 6.67. The molecule has 0 atom stereocenters. The van der Waals surface area contributed by atoms with Crippen LogP contribution in [0.4, 0.5) is 0 Å². The van der Waals surface area contributed by atoms with Crippen LogP contribution >= 0.6 is 0 Å². The van der Waals surface area contributed by atoms with Crippen LogP contribution in [0.15, 0.2) is 18.2 Å². The molecule has 0 aliphatic heterocycles. The maximum atomic E-state index is 5.75. The summed E-state index contributed by atoms with van der Waals surface area (Å²) in [5.74, 6) is 2.29. The maximum absolute atomic E-state index is 5.75. The lowest BCUT2D eigenvalue weighted by atomic mass is 10.1. The fraction of sp³-hybridized carbons (Fsp3) is 0.600. The van der Waals surface area contributed by atoms with E-state index in [0.717, 1.165) is 43.9 Å². The molecule has 2 N–H and O–H groups in total. The van der Waals surface area contributed by atoms with Gasteiger partial charge in [0.2, 0.25) is 0 Å². The summed E-state index contributed by atoms with van der Waals surface area (Å²) in [5, 5.41) is 0. The van der Waals surface area contributed by atoms with Gasteiger partial charge in [0.05, 0.1) is 13.7 Å². The fourth-order valence-electron chi connectivity index (χ4n) is 1.70. The first-order chi connectivity index (χ1) is 8.67. The number of methoxy groups -OCH3 is 1. The maximum Gasteiger partial charge on any atom is 0.161 e. The Bertz CT molecular complexity index is 350. The van der Waals surface area contributed by atoms with Gasteiger partial charge < -0.3 is 15.2 Å². The van der Waals surface area contributed by atoms with Gasteiger partial charge in [-0.05, 0) is 49.4 Å². The SMILES string of the molecule is COc1cc(CCCN)ccc1OCCC(C)C. The smallest absolute Gasteiger partial charge is 0.161 e. The Hall–Kier alpha value is -1.22. The molecule has 3 nitrogen and oxygen atoms in total. The van der Waals surface area contributed by atoms with E-state index in [2.05, 4.69) is 19.9 Å². The van der Waals surface area contributed by atoms with E-state index in [4.69, 9.17) is 15.2 Å². The second-order valence-corrected chi connectivity index (χ2v) is 4.91. The van der Waals surface area contributed by atoms with Crippen molar-refractivity contribution in [3.05, 3.63) is 23.8 Å². The molecule has 1 rings (SSSR count). The van der Waals surface area contributed by atoms with Gasteiger partial charge in [0.1, 0.15) is 0 Å². The first kappa shape index (κ1) is 14.8. The molecule has 0 fully saturated rings. The van der Waals surface area contributed by atoms with E-state index < -0.39 is 0 Å². The zero-order valence-electron chi connectivity index (χ0n) is 11.7. The fourth-order valence-corrected chi connectivity index (χ4v) is 1.70. The second kappa shape index (κ2) is 7.98. The van der Waals surface area contributed by atoms with E-state index in [1.807, 2.05) is 12.1 Å². The molecule has 0 aliphatic carbocycles. The lowest BCUT2D eigenvalue weighted by Crippen LogP contribution is -2.03. The summed E-state index contributed by atoms with van der Waals surface area (Å²) >= 11 is 0. The molecule has 0 amide bonds. The van der Waals surface area contributed by atoms with E-state index in [9.17, 15) is 0 Å². The number of hydrogen-bond acceptors (Lipinski definition) is 3. The summed E-state index contributed by atoms with van der Waals surface area (Å²) in [5.41, 5.74) is 6.76. The van der Waals surface area contributed by atoms with Crippen molar-refractivity contribution in [3.63, 3.8) is 0 Å². The van der Waals surface area contributed by atoms with Gasteiger partial charge in [-0.2, -0.15) is 0 Å². The van der Waals surface area contributed by atoms with Crippen LogP contribution in [-0.2, 0) is 6.42 Å². The largest absolute Gasteiger partial charge is 0.493 e. The van der Waals surface area contributed by atoms with Gasteiger partial charge in [0, 0.05) is 0 Å². The summed E-state index contributed by atoms with van der Waals surface area (Å²) in [6.45, 7) is 5.83. The van der Waals surface area contributed by atoms with Crippen LogP contribution in [0.3, 0.4) is 0 Å². The van der Waals surface area contributed by atoms with Crippen molar-refractivity contribution in [1.29, 1.82) is 0 Å². The van der Waals surface area contributed by atoms with Crippen molar-refractivity contribution in [3.8, 4) is 11.5 Å². The van der Waals surface area contributed by atoms with Crippen LogP contribution in [0.2, 0.25) is 0 Å². The molecule has 3 heteroatoms. The van der Waals surface area contributed by atoms with Crippen LogP contribution in [0.25, 0.3) is 0 Å². The van der Waals surface area contributed by atoms with Crippen LogP contribution in [0.1, 0.15) is 32.3 Å². The molecule has 1 aromatic rings. The van der Waals surface area contributed by atoms with Gasteiger partial charge in [-0.15, -0.1) is 0 Å². The van der Waals surface area contributed by atoms with E-state index in [1.54, 1.807) is 7.11 Å². The number of aryl methyl sites for hydroxylation is 1. The Morgan fingerprint density at radius 3 is 2.61 bits per heavy atom. The minimum atomic E-state index is 0.653. The minimum Gasteiger partial charge on any atom is -0.493 e. The highest BCUT2D eigenvalue weighted by molar-refractivity contribution is 5.43. The van der Waals surface area contributed by atoms with Crippen molar-refractivity contribution >= 4 is 0 Å². The van der Waals surface area contributed by atoms with E-state index >= 15 is 0 Å². The zero-order valence-corrected chi connectivity index (χ0v) is 11.7. The van der Waals surface area contributed by atoms with Crippen molar-refractivity contribution < 1.29 is 9.47 Å². The highest BCUT2D eigenvalue weighted by atomic mass is 16.5. The normalized spacial score (nSPS) is 10.7. The van der Waals surface area contributed by atoms with Gasteiger partial charge in [-0.1, -0.05) is 19.9 Å². The summed E-state index contributed by atoms with van der Waals surface area (Å²) in [7, 11) is 1.68. The van der Waals surface area contributed by atoms with E-state index in [1.165, 1.54) is 5.56 Å². The number of rotatable bonds is 8. The van der Waals surface area contributed by atoms with E-state index in [0.29, 0.717) is 5.92 Å². The molecule has 0 aliphatic rings. The lowest BCUT2D eigenvalue weighted by Gasteiger charge is -2.13. The number of nitrogens with two attached hydrogens (primary N) is 1. The lowest BCUT2D eigenvalue weighted by molar-refractivity contribution is 0.273. The molecule has 0 heterocycles. The molecule has 0 radical (unpaired) electrons. The molecule has 18 heavy (non-hydrogen) atoms. The van der Waals surface area contributed by atoms with Gasteiger partial charge in [0.15, 0.2) is 11.5 Å². The van der Waals surface area contributed by atoms with Gasteiger partial charge in [-0.25, -0.2) is 0 Å². The monoisotopic (exact) mass is 251 g/mol. The molecule has 0 bridgehead atoms. The Labute approximate surface area is 110 Å². The summed E-state index contributed by atoms with van der Waals surface area (Å²) in [4.78, 5) is 0. The molecule has 0 saturated carbocycles. The van der Waals surface area contributed by atoms with Gasteiger partial charge >= 0.3 is 0 Å². The van der Waals surface area contributed by atoms with Crippen molar-refractivity contribution in [2.75, 3.05) is 20.3 Å². The van der Waals surface area contributed by atoms with Crippen molar-refractivity contribution in [2.24, 2.45) is 11.7 Å². The quantitative estimate of drug-likeness (QED) is 0.772. The average molecular weight is 251 g/mol. The van der Waals surface area contributed by atoms with Crippen molar-refractivity contribution in [2.45, 2.75) is 33.1 Å². The third kappa shape index (κ3) is 4.96. The predicted molar refractivity (Wildman–Crippen MR) is 75.3 cm³/mol. The minimum absolute atomic E-state index is 0.653. The third-order valence-electron chi connectivity index (χ3n) is 2.85. The van der Waals surface area contributed by atoms with Gasteiger partial charge in [-0.3, -0.25) is 0 Å². The Morgan fingerprint density at radius 1 is 1.22 bits per heavy atom. The Kier molecular flexibility index (Phi) is 6.58. The molecular weight excluding hydrogens is 226 g/mol. The third-order valence-corrected chi connectivity index (χ3v) is 2.85. The molecule has 0 aromatic heterocycles. The molecule has 0 unspecified atom stereocenters. The van der Waals surface area contributed by atoms with Crippen LogP contribution in [0, 0.1) is 5.92 Å². The highest BCUT2D eigenvalue weighted by Crippen LogP contribution is 2.28. The van der Waals surface area contributed by atoms with Crippen LogP contribution in [-0.4, -0.2) is 20.3 Å².